The predicted octanol–water partition coefficient (Wildman–Crippen LogP) is 3.63. The molecule has 0 amide bonds. The van der Waals surface area contributed by atoms with Gasteiger partial charge < -0.3 is 14.3 Å². The molecule has 0 atom stereocenters. The van der Waals surface area contributed by atoms with Crippen LogP contribution in [0.5, 0.6) is 5.75 Å². The summed E-state index contributed by atoms with van der Waals surface area (Å²) in [5.41, 5.74) is -0.329. The van der Waals surface area contributed by atoms with Gasteiger partial charge in [0.1, 0.15) is 12.0 Å². The summed E-state index contributed by atoms with van der Waals surface area (Å²) in [6.07, 6.45) is 2.50. The van der Waals surface area contributed by atoms with E-state index in [4.69, 9.17) is 9.15 Å². The van der Waals surface area contributed by atoms with Crippen LogP contribution in [0.3, 0.4) is 0 Å². The van der Waals surface area contributed by atoms with Gasteiger partial charge in [0.25, 0.3) is 0 Å². The number of benzene rings is 2. The van der Waals surface area contributed by atoms with Crippen LogP contribution >= 0.6 is 0 Å². The number of aliphatic carboxylic acids is 1. The van der Waals surface area contributed by atoms with Crippen molar-refractivity contribution in [3.8, 4) is 5.75 Å². The molecule has 6 nitrogen and oxygen atoms in total. The lowest BCUT2D eigenvalue weighted by molar-refractivity contribution is -0.159. The maximum Gasteiger partial charge on any atom is 0.348 e. The maximum absolute atomic E-state index is 12.0. The van der Waals surface area contributed by atoms with Crippen molar-refractivity contribution in [2.45, 2.75) is 31.9 Å². The van der Waals surface area contributed by atoms with Gasteiger partial charge in [0.15, 0.2) is 5.89 Å². The minimum absolute atomic E-state index is 0.423. The molecular formula is C21H22N2O4. The fraction of sp³-hybridized carbons (Fsp3) is 0.333. The molecule has 2 heterocycles. The van der Waals surface area contributed by atoms with Crippen molar-refractivity contribution in [3.05, 3.63) is 60.3 Å². The second-order valence-electron chi connectivity index (χ2n) is 7.04. The molecule has 0 saturated carbocycles. The Balaban J connectivity index is 1.48. The van der Waals surface area contributed by atoms with Crippen LogP contribution in [0, 0.1) is 6.92 Å². The zero-order chi connectivity index (χ0) is 18.9. The molecule has 1 saturated heterocycles. The van der Waals surface area contributed by atoms with Crippen LogP contribution in [0.1, 0.15) is 24.4 Å². The van der Waals surface area contributed by atoms with Crippen LogP contribution in [0.4, 0.5) is 0 Å². The van der Waals surface area contributed by atoms with Gasteiger partial charge in [0.05, 0.1) is 5.69 Å². The van der Waals surface area contributed by atoms with E-state index in [1.807, 2.05) is 49.4 Å². The molecular weight excluding hydrogens is 344 g/mol. The van der Waals surface area contributed by atoms with Crippen molar-refractivity contribution in [2.75, 3.05) is 13.1 Å². The summed E-state index contributed by atoms with van der Waals surface area (Å²) in [4.78, 5) is 18.5. The number of nitrogens with zero attached hydrogens (tertiary/aromatic N) is 2. The van der Waals surface area contributed by atoms with Gasteiger partial charge in [-0.3, -0.25) is 4.90 Å². The van der Waals surface area contributed by atoms with E-state index in [1.54, 1.807) is 6.26 Å². The summed E-state index contributed by atoms with van der Waals surface area (Å²) in [5, 5.41) is 12.0. The van der Waals surface area contributed by atoms with E-state index in [0.717, 1.165) is 16.5 Å². The molecule has 1 aliphatic heterocycles. The van der Waals surface area contributed by atoms with Crippen molar-refractivity contribution in [3.63, 3.8) is 0 Å². The lowest BCUT2D eigenvalue weighted by Crippen LogP contribution is -2.53. The summed E-state index contributed by atoms with van der Waals surface area (Å²) in [5.74, 6) is 0.325. The van der Waals surface area contributed by atoms with E-state index in [-0.39, 0.29) is 0 Å². The SMILES string of the molecule is Cc1nc(CN2CCC(Oc3ccc4ccccc4c3)(C(=O)O)CC2)co1. The number of carboxylic acid groups (broad SMARTS) is 1. The first-order valence-electron chi connectivity index (χ1n) is 9.09. The van der Waals surface area contributed by atoms with Crippen LogP contribution in [0.25, 0.3) is 10.8 Å². The molecule has 0 unspecified atom stereocenters. The number of hydrogen-bond acceptors (Lipinski definition) is 5. The quantitative estimate of drug-likeness (QED) is 0.743. The molecule has 1 fully saturated rings. The smallest absolute Gasteiger partial charge is 0.348 e. The van der Waals surface area contributed by atoms with Crippen LogP contribution in [-0.4, -0.2) is 39.7 Å². The fourth-order valence-corrected chi connectivity index (χ4v) is 3.60. The molecule has 0 spiro atoms. The van der Waals surface area contributed by atoms with E-state index >= 15 is 0 Å². The lowest BCUT2D eigenvalue weighted by atomic mass is 9.91. The monoisotopic (exact) mass is 366 g/mol. The Hall–Kier alpha value is -2.86. The fourth-order valence-electron chi connectivity index (χ4n) is 3.60. The topological polar surface area (TPSA) is 75.8 Å². The highest BCUT2D eigenvalue weighted by Gasteiger charge is 2.44. The number of hydrogen-bond donors (Lipinski definition) is 1. The molecule has 1 aliphatic rings. The molecule has 0 radical (unpaired) electrons. The number of aromatic nitrogens is 1. The van der Waals surface area contributed by atoms with Gasteiger partial charge in [-0.25, -0.2) is 9.78 Å². The van der Waals surface area contributed by atoms with Crippen LogP contribution in [0.2, 0.25) is 0 Å². The second-order valence-corrected chi connectivity index (χ2v) is 7.04. The maximum atomic E-state index is 12.0. The first-order chi connectivity index (χ1) is 13.0. The molecule has 1 aromatic heterocycles. The third kappa shape index (κ3) is 3.66. The molecule has 3 aromatic rings. The van der Waals surface area contributed by atoms with E-state index in [1.165, 1.54) is 0 Å². The summed E-state index contributed by atoms with van der Waals surface area (Å²) in [6.45, 7) is 3.73. The average molecular weight is 366 g/mol. The number of likely N-dealkylation sites (tertiary alicyclic amines) is 1. The van der Waals surface area contributed by atoms with Gasteiger partial charge in [-0.1, -0.05) is 30.3 Å². The van der Waals surface area contributed by atoms with E-state index in [2.05, 4.69) is 9.88 Å². The second kappa shape index (κ2) is 7.04. The Morgan fingerprint density at radius 1 is 1.22 bits per heavy atom. The molecule has 140 valence electrons. The summed E-state index contributed by atoms with van der Waals surface area (Å²) < 4.78 is 11.3. The summed E-state index contributed by atoms with van der Waals surface area (Å²) >= 11 is 0. The van der Waals surface area contributed by atoms with Gasteiger partial charge in [0, 0.05) is 39.4 Å². The molecule has 27 heavy (non-hydrogen) atoms. The highest BCUT2D eigenvalue weighted by atomic mass is 16.5. The van der Waals surface area contributed by atoms with E-state index < -0.39 is 11.6 Å². The predicted molar refractivity (Wildman–Crippen MR) is 101 cm³/mol. The van der Waals surface area contributed by atoms with Crippen molar-refractivity contribution >= 4 is 16.7 Å². The number of carbonyl (C=O) groups is 1. The lowest BCUT2D eigenvalue weighted by Gasteiger charge is -2.38. The van der Waals surface area contributed by atoms with Crippen LogP contribution in [-0.2, 0) is 11.3 Å². The van der Waals surface area contributed by atoms with Crippen molar-refractivity contribution < 1.29 is 19.1 Å². The summed E-state index contributed by atoms with van der Waals surface area (Å²) in [7, 11) is 0. The normalized spacial score (nSPS) is 17.1. The largest absolute Gasteiger partial charge is 0.478 e. The van der Waals surface area contributed by atoms with Crippen LogP contribution in [0.15, 0.2) is 53.1 Å². The number of piperidine rings is 1. The molecule has 1 N–H and O–H groups in total. The van der Waals surface area contributed by atoms with Crippen LogP contribution < -0.4 is 4.74 Å². The van der Waals surface area contributed by atoms with E-state index in [0.29, 0.717) is 44.1 Å². The molecule has 0 aliphatic carbocycles. The highest BCUT2D eigenvalue weighted by molar-refractivity contribution is 5.84. The van der Waals surface area contributed by atoms with Gasteiger partial charge in [0.2, 0.25) is 5.60 Å². The van der Waals surface area contributed by atoms with Crippen molar-refractivity contribution in [1.82, 2.24) is 9.88 Å². The minimum Gasteiger partial charge on any atom is -0.478 e. The molecule has 2 aromatic carbocycles. The van der Waals surface area contributed by atoms with Gasteiger partial charge in [-0.15, -0.1) is 0 Å². The zero-order valence-corrected chi connectivity index (χ0v) is 15.2. The number of rotatable bonds is 5. The van der Waals surface area contributed by atoms with Crippen molar-refractivity contribution in [1.29, 1.82) is 0 Å². The van der Waals surface area contributed by atoms with E-state index in [9.17, 15) is 9.90 Å². The standard InChI is InChI=1S/C21H22N2O4/c1-15-22-18(14-26-15)13-23-10-8-21(9-11-23,20(24)25)27-19-7-6-16-4-2-3-5-17(16)12-19/h2-7,12,14H,8-11,13H2,1H3,(H,24,25). The molecule has 0 bridgehead atoms. The number of carboxylic acids is 1. The van der Waals surface area contributed by atoms with Crippen molar-refractivity contribution in [2.24, 2.45) is 0 Å². The van der Waals surface area contributed by atoms with Gasteiger partial charge in [-0.2, -0.15) is 0 Å². The number of ether oxygens (including phenoxy) is 1. The number of aryl methyl sites for hydroxylation is 1. The third-order valence-electron chi connectivity index (χ3n) is 5.14. The summed E-state index contributed by atoms with van der Waals surface area (Å²) in [6, 6.07) is 13.7. The Morgan fingerprint density at radius 3 is 2.63 bits per heavy atom. The molecule has 6 heteroatoms. The third-order valence-corrected chi connectivity index (χ3v) is 5.14. The first-order valence-corrected chi connectivity index (χ1v) is 9.09. The Morgan fingerprint density at radius 2 is 1.96 bits per heavy atom. The number of oxazole rings is 1. The Kier molecular flexibility index (Phi) is 4.58. The number of fused-ring (bicyclic) bond motifs is 1. The van der Waals surface area contributed by atoms with Gasteiger partial charge in [-0.05, 0) is 22.9 Å². The van der Waals surface area contributed by atoms with Gasteiger partial charge >= 0.3 is 5.97 Å². The first kappa shape index (κ1) is 17.5. The zero-order valence-electron chi connectivity index (χ0n) is 15.2. The Bertz CT molecular complexity index is 957. The highest BCUT2D eigenvalue weighted by Crippen LogP contribution is 2.31. The Labute approximate surface area is 157 Å². The minimum atomic E-state index is -1.20. The molecule has 4 rings (SSSR count). The average Bonchev–Trinajstić information content (AvgIpc) is 3.08.